The van der Waals surface area contributed by atoms with Crippen LogP contribution < -0.4 is 15.5 Å². The number of nitrogens with one attached hydrogen (secondary N) is 2. The molecule has 206 valence electrons. The zero-order chi connectivity index (χ0) is 27.8. The highest BCUT2D eigenvalue weighted by Crippen LogP contribution is 2.39. The number of carbonyl (C=O) groups excluding carboxylic acids is 1. The van der Waals surface area contributed by atoms with Crippen molar-refractivity contribution < 1.29 is 22.7 Å². The van der Waals surface area contributed by atoms with E-state index in [1.807, 2.05) is 0 Å². The lowest BCUT2D eigenvalue weighted by molar-refractivity contribution is -0.175. The molecule has 2 heterocycles. The van der Waals surface area contributed by atoms with Crippen molar-refractivity contribution in [3.8, 4) is 0 Å². The second-order valence-corrected chi connectivity index (χ2v) is 11.2. The van der Waals surface area contributed by atoms with E-state index in [1.54, 1.807) is 67.6 Å². The fourth-order valence-corrected chi connectivity index (χ4v) is 4.85. The molecule has 1 aromatic heterocycles. The number of carbonyl (C=O) groups is 1. The van der Waals surface area contributed by atoms with E-state index in [4.69, 9.17) is 27.9 Å². The summed E-state index contributed by atoms with van der Waals surface area (Å²) >= 11 is 12.9. The van der Waals surface area contributed by atoms with Gasteiger partial charge in [0.05, 0.1) is 38.4 Å². The van der Waals surface area contributed by atoms with Crippen LogP contribution in [0.15, 0.2) is 30.3 Å². The molecule has 1 fully saturated rings. The molecule has 3 aromatic rings. The van der Waals surface area contributed by atoms with Crippen molar-refractivity contribution in [1.82, 2.24) is 14.9 Å². The van der Waals surface area contributed by atoms with Crippen molar-refractivity contribution in [3.05, 3.63) is 45.9 Å². The van der Waals surface area contributed by atoms with E-state index >= 15 is 0 Å². The number of amides is 1. The quantitative estimate of drug-likeness (QED) is 0.333. The number of aromatic nitrogens is 2. The van der Waals surface area contributed by atoms with Crippen molar-refractivity contribution in [2.75, 3.05) is 23.3 Å². The largest absolute Gasteiger partial charge is 0.444 e. The Morgan fingerprint density at radius 2 is 1.89 bits per heavy atom. The Morgan fingerprint density at radius 3 is 2.58 bits per heavy atom. The predicted molar refractivity (Wildman–Crippen MR) is 145 cm³/mol. The van der Waals surface area contributed by atoms with Crippen LogP contribution in [0.1, 0.15) is 39.2 Å². The number of alkyl halides is 3. The molecule has 1 aliphatic rings. The van der Waals surface area contributed by atoms with E-state index in [2.05, 4.69) is 15.6 Å². The van der Waals surface area contributed by atoms with Crippen molar-refractivity contribution in [3.63, 3.8) is 0 Å². The minimum Gasteiger partial charge on any atom is -0.444 e. The maximum absolute atomic E-state index is 13.4. The molecule has 0 saturated carbocycles. The summed E-state index contributed by atoms with van der Waals surface area (Å²) in [7, 11) is 1.80. The monoisotopic (exact) mass is 571 g/mol. The lowest BCUT2D eigenvalue weighted by Crippen LogP contribution is -2.41. The van der Waals surface area contributed by atoms with Crippen LogP contribution in [0.4, 0.5) is 35.3 Å². The minimum absolute atomic E-state index is 0.118. The van der Waals surface area contributed by atoms with Crippen LogP contribution in [0.5, 0.6) is 0 Å². The first kappa shape index (κ1) is 28.2. The molecule has 4 rings (SSSR count). The third-order valence-electron chi connectivity index (χ3n) is 6.29. The fourth-order valence-electron chi connectivity index (χ4n) is 4.41. The third kappa shape index (κ3) is 6.58. The molecule has 12 heteroatoms. The minimum atomic E-state index is -4.24. The van der Waals surface area contributed by atoms with Gasteiger partial charge >= 0.3 is 12.3 Å². The van der Waals surface area contributed by atoms with Crippen molar-refractivity contribution in [2.45, 2.75) is 51.9 Å². The number of hydrogen-bond acceptors (Lipinski definition) is 5. The molecule has 0 spiro atoms. The molecule has 0 aliphatic carbocycles. The number of nitrogens with zero attached hydrogens (tertiary/aromatic N) is 3. The second-order valence-electron chi connectivity index (χ2n) is 10.4. The number of imidazole rings is 1. The third-order valence-corrected chi connectivity index (χ3v) is 6.92. The Bertz CT molecular complexity index is 1340. The van der Waals surface area contributed by atoms with Crippen molar-refractivity contribution in [1.29, 1.82) is 0 Å². The second kappa shape index (κ2) is 10.7. The molecule has 1 amide bonds. The van der Waals surface area contributed by atoms with Gasteiger partial charge in [0.25, 0.3) is 0 Å². The topological polar surface area (TPSA) is 71.4 Å². The number of hydrogen-bond donors (Lipinski definition) is 2. The number of halogens is 5. The van der Waals surface area contributed by atoms with Crippen LogP contribution in [0.3, 0.4) is 0 Å². The maximum atomic E-state index is 13.4. The van der Waals surface area contributed by atoms with E-state index in [1.165, 1.54) is 0 Å². The van der Waals surface area contributed by atoms with E-state index in [0.717, 1.165) is 5.56 Å². The van der Waals surface area contributed by atoms with Gasteiger partial charge in [0, 0.05) is 26.7 Å². The van der Waals surface area contributed by atoms with Crippen molar-refractivity contribution in [2.24, 2.45) is 13.0 Å². The van der Waals surface area contributed by atoms with Gasteiger partial charge in [-0.25, -0.2) is 9.78 Å². The van der Waals surface area contributed by atoms with E-state index in [9.17, 15) is 18.0 Å². The van der Waals surface area contributed by atoms with Crippen LogP contribution in [0.25, 0.3) is 11.0 Å². The lowest BCUT2D eigenvalue weighted by atomic mass is 9.97. The summed E-state index contributed by atoms with van der Waals surface area (Å²) in [6, 6.07) is 8.73. The Morgan fingerprint density at radius 1 is 1.16 bits per heavy atom. The number of rotatable bonds is 5. The number of benzene rings is 2. The smallest absolute Gasteiger partial charge is 0.407 e. The number of alkyl carbamates (subject to hydrolysis) is 1. The molecule has 1 aliphatic heterocycles. The number of fused-ring (bicyclic) bond motifs is 1. The Labute approximate surface area is 229 Å². The molecule has 1 saturated heterocycles. The average molecular weight is 572 g/mol. The summed E-state index contributed by atoms with van der Waals surface area (Å²) in [4.78, 5) is 18.3. The van der Waals surface area contributed by atoms with Gasteiger partial charge in [-0.05, 0) is 63.4 Å². The molecule has 2 aromatic carbocycles. The van der Waals surface area contributed by atoms with Gasteiger partial charge in [-0.3, -0.25) is 0 Å². The first-order chi connectivity index (χ1) is 17.7. The molecule has 38 heavy (non-hydrogen) atoms. The molecule has 1 atom stereocenters. The summed E-state index contributed by atoms with van der Waals surface area (Å²) in [5, 5.41) is 6.72. The molecular formula is C26H30Cl2F3N5O2. The van der Waals surface area contributed by atoms with Gasteiger partial charge in [-0.15, -0.1) is 0 Å². The lowest BCUT2D eigenvalue weighted by Gasteiger charge is -2.35. The van der Waals surface area contributed by atoms with Gasteiger partial charge < -0.3 is 24.8 Å². The van der Waals surface area contributed by atoms with Crippen LogP contribution in [0.2, 0.25) is 10.0 Å². The highest BCUT2D eigenvalue weighted by molar-refractivity contribution is 6.34. The highest BCUT2D eigenvalue weighted by atomic mass is 35.5. The highest BCUT2D eigenvalue weighted by Gasteiger charge is 2.42. The zero-order valence-electron chi connectivity index (χ0n) is 21.5. The van der Waals surface area contributed by atoms with E-state index in [-0.39, 0.29) is 19.5 Å². The van der Waals surface area contributed by atoms with E-state index < -0.39 is 23.8 Å². The summed E-state index contributed by atoms with van der Waals surface area (Å²) in [5.74, 6) is -0.912. The number of aryl methyl sites for hydroxylation is 1. The van der Waals surface area contributed by atoms with E-state index in [0.29, 0.717) is 51.4 Å². The average Bonchev–Trinajstić information content (AvgIpc) is 3.11. The van der Waals surface area contributed by atoms with Crippen LogP contribution in [-0.2, 0) is 18.3 Å². The Balaban J connectivity index is 1.55. The SMILES string of the molecule is Cn1c(Nc2cc(CNC(=O)OC(C)(C)C)ccc2Cl)nc2cc(Cl)c(N3CCCC(C(F)(F)F)C3)cc21. The Kier molecular flexibility index (Phi) is 7.95. The summed E-state index contributed by atoms with van der Waals surface area (Å²) in [6.45, 7) is 5.97. The predicted octanol–water partition coefficient (Wildman–Crippen LogP) is 7.43. The molecule has 0 bridgehead atoms. The van der Waals surface area contributed by atoms with Crippen LogP contribution in [-0.4, -0.2) is 40.5 Å². The zero-order valence-corrected chi connectivity index (χ0v) is 23.1. The van der Waals surface area contributed by atoms with Crippen LogP contribution in [0, 0.1) is 5.92 Å². The Hall–Kier alpha value is -2.85. The van der Waals surface area contributed by atoms with Crippen LogP contribution >= 0.6 is 23.2 Å². The standard InChI is InChI=1S/C26H30Cl2F3N5O2/c1-25(2,3)38-24(37)32-13-15-7-8-17(27)19(10-15)33-23-34-20-11-18(28)21(12-22(20)35(23)4)36-9-5-6-16(14-36)26(29,30)31/h7-8,10-12,16H,5-6,9,13-14H2,1-4H3,(H,32,37)(H,33,34). The summed E-state index contributed by atoms with van der Waals surface area (Å²) in [6.07, 6.45) is -4.21. The van der Waals surface area contributed by atoms with Gasteiger partial charge in [-0.1, -0.05) is 29.3 Å². The van der Waals surface area contributed by atoms with Gasteiger partial charge in [0.2, 0.25) is 5.95 Å². The van der Waals surface area contributed by atoms with Gasteiger partial charge in [0.15, 0.2) is 0 Å². The first-order valence-corrected chi connectivity index (χ1v) is 13.0. The van der Waals surface area contributed by atoms with Crippen molar-refractivity contribution >= 4 is 57.7 Å². The maximum Gasteiger partial charge on any atom is 0.407 e. The summed E-state index contributed by atoms with van der Waals surface area (Å²) in [5.41, 5.74) is 2.61. The molecular weight excluding hydrogens is 542 g/mol. The molecule has 1 unspecified atom stereocenters. The molecule has 0 radical (unpaired) electrons. The van der Waals surface area contributed by atoms with Gasteiger partial charge in [-0.2, -0.15) is 13.2 Å². The molecule has 7 nitrogen and oxygen atoms in total. The first-order valence-electron chi connectivity index (χ1n) is 12.2. The normalized spacial score (nSPS) is 16.6. The fraction of sp³-hybridized carbons (Fsp3) is 0.462. The van der Waals surface area contributed by atoms with Gasteiger partial charge in [0.1, 0.15) is 5.60 Å². The molecule has 2 N–H and O–H groups in total. The number of anilines is 3. The number of ether oxygens (including phenoxy) is 1. The number of piperidine rings is 1. The summed E-state index contributed by atoms with van der Waals surface area (Å²) < 4.78 is 47.1.